The quantitative estimate of drug-likeness (QED) is 0.0829. The lowest BCUT2D eigenvalue weighted by molar-refractivity contribution is 0.398. The van der Waals surface area contributed by atoms with Crippen LogP contribution in [0.25, 0.3) is 99.8 Å². The summed E-state index contributed by atoms with van der Waals surface area (Å²) < 4.78 is 6.98. The monoisotopic (exact) mass is 1090 g/mol. The smallest absolute Gasteiger partial charge is 0.143 e. The Kier molecular flexibility index (Phi) is 13.1. The molecule has 0 aliphatic heterocycles. The molecule has 0 radical (unpaired) electrons. The lowest BCUT2D eigenvalue weighted by Gasteiger charge is -2.33. The molecule has 0 spiro atoms. The van der Waals surface area contributed by atoms with Crippen LogP contribution in [0.5, 0.6) is 0 Å². The van der Waals surface area contributed by atoms with Crippen molar-refractivity contribution in [3.8, 4) is 77.9 Å². The fourth-order valence-corrected chi connectivity index (χ4v) is 16.3. The topological polar surface area (TPSA) is 13.1 Å². The summed E-state index contributed by atoms with van der Waals surface area (Å²) in [5.74, 6) is 0. The molecule has 0 N–H and O–H groups in total. The summed E-state index contributed by atoms with van der Waals surface area (Å²) in [6.07, 6.45) is 18.4. The molecule has 4 aliphatic rings. The summed E-state index contributed by atoms with van der Waals surface area (Å²) in [5, 5.41) is 3.16. The normalized spacial score (nSPS) is 15.7. The first-order valence-corrected chi connectivity index (χ1v) is 31.8. The SMILES string of the molecule is CCCCCCCCC1(CCCCCCCC)c2ccccc2-c2ccc(-c3ccc4c(c3)C(C)(C)c3cc(-c5ccc(-c6cc7c(c8c6oc6ccccc68)-c6cc8c(cc6C7(C)C)-c6ccc(Cl)cc6C8(C)C)cc5)ccc3-4)cc21. The molecule has 0 amide bonds. The molecule has 1 aromatic heterocycles. The van der Waals surface area contributed by atoms with Crippen LogP contribution < -0.4 is 0 Å². The van der Waals surface area contributed by atoms with Gasteiger partial charge in [0.25, 0.3) is 0 Å². The van der Waals surface area contributed by atoms with Crippen molar-refractivity contribution < 1.29 is 4.42 Å². The van der Waals surface area contributed by atoms with E-state index >= 15 is 0 Å². The highest BCUT2D eigenvalue weighted by Crippen LogP contribution is 2.61. The largest absolute Gasteiger partial charge is 0.455 e. The van der Waals surface area contributed by atoms with Crippen LogP contribution in [0.15, 0.2) is 168 Å². The van der Waals surface area contributed by atoms with Crippen LogP contribution in [0.2, 0.25) is 5.02 Å². The van der Waals surface area contributed by atoms with Crippen molar-refractivity contribution in [1.82, 2.24) is 0 Å². The van der Waals surface area contributed by atoms with Crippen LogP contribution in [-0.4, -0.2) is 0 Å². The standard InChI is InChI=1S/C80H79ClO/c1-9-11-13-15-17-23-41-80(42-24-18-16-14-12-10-2)65-27-21-19-25-56(65)59-39-35-54(45-71(59)80)53-34-38-58-57-37-33-52(43-66(57)77(3,4)67(58)44-53)50-29-31-51(32-30-50)62-47-72-74(75-61-26-20-22-28-73(61)82-76(62)75)64-49-69-63(48-70(64)79(72,7)8)60-40-36-55(81)46-68(60)78(69,5)6/h19-22,25-40,43-49H,9-18,23-24,41-42H2,1-8H3. The first kappa shape index (κ1) is 53.1. The minimum absolute atomic E-state index is 0.0610. The van der Waals surface area contributed by atoms with Crippen LogP contribution >= 0.6 is 11.6 Å². The molecule has 1 heterocycles. The van der Waals surface area contributed by atoms with E-state index in [-0.39, 0.29) is 21.7 Å². The highest BCUT2D eigenvalue weighted by atomic mass is 35.5. The van der Waals surface area contributed by atoms with Gasteiger partial charge in [0.05, 0.1) is 0 Å². The lowest BCUT2D eigenvalue weighted by Crippen LogP contribution is -2.25. The van der Waals surface area contributed by atoms with E-state index in [0.29, 0.717) is 0 Å². The van der Waals surface area contributed by atoms with Crippen molar-refractivity contribution >= 4 is 33.5 Å². The van der Waals surface area contributed by atoms with Gasteiger partial charge in [-0.2, -0.15) is 0 Å². The van der Waals surface area contributed by atoms with Crippen LogP contribution in [0.1, 0.15) is 190 Å². The molecular formula is C80H79ClO. The van der Waals surface area contributed by atoms with Gasteiger partial charge in [0, 0.05) is 43.0 Å². The van der Waals surface area contributed by atoms with Crippen LogP contribution in [0.3, 0.4) is 0 Å². The van der Waals surface area contributed by atoms with Gasteiger partial charge < -0.3 is 4.42 Å². The molecule has 0 unspecified atom stereocenters. The average Bonchev–Trinajstić information content (AvgIpc) is 4.37. The lowest BCUT2D eigenvalue weighted by atomic mass is 9.70. The molecule has 82 heavy (non-hydrogen) atoms. The fraction of sp³-hybridized carbons (Fsp3) is 0.325. The molecule has 10 aromatic rings. The van der Waals surface area contributed by atoms with E-state index in [2.05, 4.69) is 213 Å². The predicted octanol–water partition coefficient (Wildman–Crippen LogP) is 23.9. The first-order valence-electron chi connectivity index (χ1n) is 31.4. The van der Waals surface area contributed by atoms with Gasteiger partial charge in [-0.3, -0.25) is 0 Å². The zero-order chi connectivity index (χ0) is 56.3. The molecule has 4 aliphatic carbocycles. The summed E-state index contributed by atoms with van der Waals surface area (Å²) in [7, 11) is 0. The Labute approximate surface area is 493 Å². The van der Waals surface area contributed by atoms with Gasteiger partial charge >= 0.3 is 0 Å². The van der Waals surface area contributed by atoms with Crippen molar-refractivity contribution in [2.45, 2.75) is 167 Å². The molecule has 0 bridgehead atoms. The van der Waals surface area contributed by atoms with Gasteiger partial charge in [-0.15, -0.1) is 0 Å². The maximum atomic E-state index is 6.98. The Hall–Kier alpha value is -6.93. The van der Waals surface area contributed by atoms with Crippen molar-refractivity contribution in [2.24, 2.45) is 0 Å². The summed E-state index contributed by atoms with van der Waals surface area (Å²) >= 11 is 6.64. The van der Waals surface area contributed by atoms with E-state index in [0.717, 1.165) is 32.7 Å². The Morgan fingerprint density at radius 1 is 0.341 bits per heavy atom. The third kappa shape index (κ3) is 8.21. The summed E-state index contributed by atoms with van der Waals surface area (Å²) in [4.78, 5) is 0. The van der Waals surface area contributed by atoms with Crippen LogP contribution in [0.4, 0.5) is 0 Å². The highest BCUT2D eigenvalue weighted by molar-refractivity contribution is 6.30. The molecule has 0 atom stereocenters. The summed E-state index contributed by atoms with van der Waals surface area (Å²) in [5.41, 5.74) is 31.0. The molecule has 412 valence electrons. The van der Waals surface area contributed by atoms with E-state index in [1.165, 1.54) is 195 Å². The van der Waals surface area contributed by atoms with E-state index < -0.39 is 0 Å². The molecule has 0 fully saturated rings. The van der Waals surface area contributed by atoms with Crippen molar-refractivity contribution in [2.75, 3.05) is 0 Å². The Balaban J connectivity index is 0.782. The number of halogens is 1. The average molecular weight is 1090 g/mol. The minimum atomic E-state index is -0.241. The summed E-state index contributed by atoms with van der Waals surface area (Å²) in [6, 6.07) is 63.4. The van der Waals surface area contributed by atoms with E-state index in [9.17, 15) is 0 Å². The van der Waals surface area contributed by atoms with Gasteiger partial charge in [0.2, 0.25) is 0 Å². The van der Waals surface area contributed by atoms with Gasteiger partial charge in [-0.1, -0.05) is 253 Å². The number of benzene rings is 9. The Morgan fingerprint density at radius 2 is 0.780 bits per heavy atom. The van der Waals surface area contributed by atoms with E-state index in [1.807, 2.05) is 6.07 Å². The number of fused-ring (bicyclic) bond motifs is 16. The highest BCUT2D eigenvalue weighted by Gasteiger charge is 2.45. The third-order valence-electron chi connectivity index (χ3n) is 20.8. The second-order valence-corrected chi connectivity index (χ2v) is 27.1. The number of hydrogen-bond acceptors (Lipinski definition) is 1. The van der Waals surface area contributed by atoms with Gasteiger partial charge in [0.15, 0.2) is 0 Å². The molecule has 14 rings (SSSR count). The maximum absolute atomic E-state index is 6.98. The fourth-order valence-electron chi connectivity index (χ4n) is 16.2. The van der Waals surface area contributed by atoms with Crippen molar-refractivity contribution in [3.05, 3.63) is 213 Å². The van der Waals surface area contributed by atoms with Gasteiger partial charge in [0.1, 0.15) is 11.2 Å². The number of hydrogen-bond donors (Lipinski definition) is 0. The second-order valence-electron chi connectivity index (χ2n) is 26.7. The number of para-hydroxylation sites is 1. The first-order chi connectivity index (χ1) is 39.7. The predicted molar refractivity (Wildman–Crippen MR) is 350 cm³/mol. The number of rotatable bonds is 17. The van der Waals surface area contributed by atoms with Crippen molar-refractivity contribution in [3.63, 3.8) is 0 Å². The third-order valence-corrected chi connectivity index (χ3v) is 21.0. The molecule has 2 heteroatoms. The van der Waals surface area contributed by atoms with Crippen molar-refractivity contribution in [1.29, 1.82) is 0 Å². The van der Waals surface area contributed by atoms with E-state index in [4.69, 9.17) is 16.0 Å². The van der Waals surface area contributed by atoms with E-state index in [1.54, 1.807) is 11.1 Å². The number of unbranched alkanes of at least 4 members (excludes halogenated alkanes) is 10. The zero-order valence-corrected chi connectivity index (χ0v) is 50.5. The minimum Gasteiger partial charge on any atom is -0.455 e. The van der Waals surface area contributed by atoms with Crippen LogP contribution in [0, 0.1) is 0 Å². The zero-order valence-electron chi connectivity index (χ0n) is 49.8. The van der Waals surface area contributed by atoms with Crippen LogP contribution in [-0.2, 0) is 21.7 Å². The Bertz CT molecular complexity index is 4160. The maximum Gasteiger partial charge on any atom is 0.143 e. The molecular weight excluding hydrogens is 1010 g/mol. The molecule has 1 nitrogen and oxygen atoms in total. The van der Waals surface area contributed by atoms with Gasteiger partial charge in [-0.05, 0) is 184 Å². The molecule has 9 aromatic carbocycles. The molecule has 0 saturated heterocycles. The second kappa shape index (κ2) is 20.2. The number of furan rings is 1. The van der Waals surface area contributed by atoms with Gasteiger partial charge in [-0.25, -0.2) is 0 Å². The Morgan fingerprint density at radius 3 is 1.44 bits per heavy atom. The molecule has 0 saturated carbocycles. The summed E-state index contributed by atoms with van der Waals surface area (Å²) in [6.45, 7) is 19.0.